The van der Waals surface area contributed by atoms with Crippen LogP contribution in [0.2, 0.25) is 0 Å². The first-order valence-electron chi connectivity index (χ1n) is 8.47. The fourth-order valence-corrected chi connectivity index (χ4v) is 2.64. The van der Waals surface area contributed by atoms with Gasteiger partial charge in [0.25, 0.3) is 5.91 Å². The Morgan fingerprint density at radius 2 is 1.91 bits per heavy atom. The summed E-state index contributed by atoms with van der Waals surface area (Å²) < 4.78 is 5.32. The van der Waals surface area contributed by atoms with Crippen molar-refractivity contribution in [1.82, 2.24) is 10.2 Å². The molecule has 0 saturated carbocycles. The smallest absolute Gasteiger partial charge is 0.251 e. The van der Waals surface area contributed by atoms with Gasteiger partial charge in [0.15, 0.2) is 0 Å². The monoisotopic (exact) mass is 304 g/mol. The van der Waals surface area contributed by atoms with E-state index in [0.29, 0.717) is 0 Å². The Labute approximate surface area is 133 Å². The minimum atomic E-state index is 0.0315. The number of nitrogens with zero attached hydrogens (tertiary/aromatic N) is 1. The van der Waals surface area contributed by atoms with Crippen LogP contribution >= 0.6 is 0 Å². The molecule has 1 aromatic rings. The molecule has 1 N–H and O–H groups in total. The van der Waals surface area contributed by atoms with E-state index in [9.17, 15) is 4.79 Å². The van der Waals surface area contributed by atoms with E-state index in [0.717, 1.165) is 57.8 Å². The summed E-state index contributed by atoms with van der Waals surface area (Å²) in [6, 6.07) is 8.00. The summed E-state index contributed by atoms with van der Waals surface area (Å²) in [5.74, 6) is 0.0315. The second-order valence-corrected chi connectivity index (χ2v) is 5.86. The number of amides is 1. The van der Waals surface area contributed by atoms with Crippen LogP contribution < -0.4 is 5.32 Å². The van der Waals surface area contributed by atoms with Gasteiger partial charge in [-0.1, -0.05) is 25.5 Å². The lowest BCUT2D eigenvalue weighted by Gasteiger charge is -2.26. The van der Waals surface area contributed by atoms with Gasteiger partial charge in [-0.15, -0.1) is 0 Å². The predicted octanol–water partition coefficient (Wildman–Crippen LogP) is 2.48. The molecule has 0 unspecified atom stereocenters. The lowest BCUT2D eigenvalue weighted by molar-refractivity contribution is 0.0374. The lowest BCUT2D eigenvalue weighted by Crippen LogP contribution is -2.38. The van der Waals surface area contributed by atoms with Gasteiger partial charge in [-0.25, -0.2) is 0 Å². The van der Waals surface area contributed by atoms with E-state index >= 15 is 0 Å². The van der Waals surface area contributed by atoms with E-state index < -0.39 is 0 Å². The van der Waals surface area contributed by atoms with Crippen LogP contribution in [0.25, 0.3) is 0 Å². The van der Waals surface area contributed by atoms with Gasteiger partial charge >= 0.3 is 0 Å². The quantitative estimate of drug-likeness (QED) is 0.750. The van der Waals surface area contributed by atoms with E-state index in [2.05, 4.69) is 29.3 Å². The van der Waals surface area contributed by atoms with E-state index in [-0.39, 0.29) is 5.91 Å². The zero-order valence-corrected chi connectivity index (χ0v) is 13.6. The third-order valence-corrected chi connectivity index (χ3v) is 4.08. The minimum Gasteiger partial charge on any atom is -0.379 e. The maximum absolute atomic E-state index is 12.1. The third-order valence-electron chi connectivity index (χ3n) is 4.08. The van der Waals surface area contributed by atoms with Gasteiger partial charge in [-0.05, 0) is 43.5 Å². The summed E-state index contributed by atoms with van der Waals surface area (Å²) in [5, 5.41) is 3.00. The van der Waals surface area contributed by atoms with Crippen LogP contribution in [0.15, 0.2) is 24.3 Å². The van der Waals surface area contributed by atoms with Crippen molar-refractivity contribution in [2.24, 2.45) is 0 Å². The summed E-state index contributed by atoms with van der Waals surface area (Å²) in [6.45, 7) is 7.62. The first kappa shape index (κ1) is 17.0. The van der Waals surface area contributed by atoms with Crippen LogP contribution in [0, 0.1) is 0 Å². The molecule has 2 rings (SSSR count). The number of carbonyl (C=O) groups is 1. The number of ether oxygens (including phenoxy) is 1. The van der Waals surface area contributed by atoms with Gasteiger partial charge in [0.05, 0.1) is 13.2 Å². The fraction of sp³-hybridized carbons (Fsp3) is 0.611. The van der Waals surface area contributed by atoms with Gasteiger partial charge in [0.2, 0.25) is 0 Å². The van der Waals surface area contributed by atoms with Crippen LogP contribution in [-0.2, 0) is 11.2 Å². The highest BCUT2D eigenvalue weighted by Gasteiger charge is 2.10. The maximum atomic E-state index is 12.1. The number of hydrogen-bond donors (Lipinski definition) is 1. The molecule has 0 bridgehead atoms. The lowest BCUT2D eigenvalue weighted by atomic mass is 10.1. The third kappa shape index (κ3) is 5.78. The Balaban J connectivity index is 1.65. The standard InChI is InChI=1S/C18H28N2O2/c1-2-3-5-16-6-8-17(9-7-16)18(21)19-10-4-11-20-12-14-22-15-13-20/h6-9H,2-5,10-15H2,1H3,(H,19,21). The van der Waals surface area contributed by atoms with Crippen molar-refractivity contribution in [3.63, 3.8) is 0 Å². The molecule has 4 nitrogen and oxygen atoms in total. The highest BCUT2D eigenvalue weighted by atomic mass is 16.5. The first-order valence-corrected chi connectivity index (χ1v) is 8.47. The van der Waals surface area contributed by atoms with Crippen molar-refractivity contribution >= 4 is 5.91 Å². The topological polar surface area (TPSA) is 41.6 Å². The fourth-order valence-electron chi connectivity index (χ4n) is 2.64. The van der Waals surface area contributed by atoms with Crippen LogP contribution in [0.1, 0.15) is 42.1 Å². The molecule has 122 valence electrons. The largest absolute Gasteiger partial charge is 0.379 e. The molecule has 1 aliphatic rings. The summed E-state index contributed by atoms with van der Waals surface area (Å²) in [5.41, 5.74) is 2.07. The average molecular weight is 304 g/mol. The van der Waals surface area contributed by atoms with Crippen molar-refractivity contribution in [3.8, 4) is 0 Å². The zero-order valence-electron chi connectivity index (χ0n) is 13.6. The molecule has 0 spiro atoms. The highest BCUT2D eigenvalue weighted by Crippen LogP contribution is 2.08. The van der Waals surface area contributed by atoms with Crippen molar-refractivity contribution in [1.29, 1.82) is 0 Å². The molecular weight excluding hydrogens is 276 g/mol. The summed E-state index contributed by atoms with van der Waals surface area (Å²) in [4.78, 5) is 14.5. The maximum Gasteiger partial charge on any atom is 0.251 e. The van der Waals surface area contributed by atoms with E-state index in [1.807, 2.05) is 12.1 Å². The van der Waals surface area contributed by atoms with Crippen LogP contribution in [-0.4, -0.2) is 50.2 Å². The van der Waals surface area contributed by atoms with E-state index in [1.165, 1.54) is 18.4 Å². The Hall–Kier alpha value is -1.39. The minimum absolute atomic E-state index is 0.0315. The molecule has 4 heteroatoms. The molecule has 1 aromatic carbocycles. The number of morpholine rings is 1. The van der Waals surface area contributed by atoms with Gasteiger partial charge in [-0.2, -0.15) is 0 Å². The second kappa shape index (κ2) is 9.59. The molecular formula is C18H28N2O2. The molecule has 1 heterocycles. The molecule has 1 saturated heterocycles. The number of aryl methyl sites for hydroxylation is 1. The molecule has 0 radical (unpaired) electrons. The molecule has 0 aliphatic carbocycles. The number of rotatable bonds is 8. The number of unbranched alkanes of at least 4 members (excludes halogenated alkanes) is 1. The van der Waals surface area contributed by atoms with Crippen LogP contribution in [0.5, 0.6) is 0 Å². The number of benzene rings is 1. The van der Waals surface area contributed by atoms with Crippen LogP contribution in [0.4, 0.5) is 0 Å². The second-order valence-electron chi connectivity index (χ2n) is 5.86. The first-order chi connectivity index (χ1) is 10.8. The Kier molecular flexibility index (Phi) is 7.40. The predicted molar refractivity (Wildman–Crippen MR) is 89.3 cm³/mol. The summed E-state index contributed by atoms with van der Waals surface area (Å²) in [7, 11) is 0. The summed E-state index contributed by atoms with van der Waals surface area (Å²) in [6.07, 6.45) is 4.48. The van der Waals surface area contributed by atoms with Crippen molar-refractivity contribution in [2.45, 2.75) is 32.6 Å². The van der Waals surface area contributed by atoms with Gasteiger partial charge in [0.1, 0.15) is 0 Å². The van der Waals surface area contributed by atoms with Crippen molar-refractivity contribution < 1.29 is 9.53 Å². The Morgan fingerprint density at radius 1 is 1.18 bits per heavy atom. The van der Waals surface area contributed by atoms with Crippen LogP contribution in [0.3, 0.4) is 0 Å². The highest BCUT2D eigenvalue weighted by molar-refractivity contribution is 5.94. The molecule has 0 aromatic heterocycles. The van der Waals surface area contributed by atoms with Gasteiger partial charge in [0, 0.05) is 25.2 Å². The number of nitrogens with one attached hydrogen (secondary N) is 1. The molecule has 1 amide bonds. The normalized spacial score (nSPS) is 15.7. The zero-order chi connectivity index (χ0) is 15.6. The Bertz CT molecular complexity index is 439. The Morgan fingerprint density at radius 3 is 2.59 bits per heavy atom. The summed E-state index contributed by atoms with van der Waals surface area (Å²) >= 11 is 0. The molecule has 22 heavy (non-hydrogen) atoms. The molecule has 1 aliphatic heterocycles. The number of carbonyl (C=O) groups excluding carboxylic acids is 1. The van der Waals surface area contributed by atoms with Crippen molar-refractivity contribution in [2.75, 3.05) is 39.4 Å². The van der Waals surface area contributed by atoms with Gasteiger partial charge in [-0.3, -0.25) is 9.69 Å². The molecule has 0 atom stereocenters. The van der Waals surface area contributed by atoms with E-state index in [1.54, 1.807) is 0 Å². The van der Waals surface area contributed by atoms with E-state index in [4.69, 9.17) is 4.74 Å². The molecule has 1 fully saturated rings. The van der Waals surface area contributed by atoms with Crippen molar-refractivity contribution in [3.05, 3.63) is 35.4 Å². The van der Waals surface area contributed by atoms with Gasteiger partial charge < -0.3 is 10.1 Å². The average Bonchev–Trinajstić information content (AvgIpc) is 2.58. The SMILES string of the molecule is CCCCc1ccc(C(=O)NCCCN2CCOCC2)cc1. The number of hydrogen-bond acceptors (Lipinski definition) is 3.